The van der Waals surface area contributed by atoms with Crippen molar-refractivity contribution in [3.8, 4) is 5.69 Å². The van der Waals surface area contributed by atoms with Crippen molar-refractivity contribution in [2.45, 2.75) is 26.2 Å². The molecule has 1 heterocycles. The summed E-state index contributed by atoms with van der Waals surface area (Å²) in [6.45, 7) is 2.06. The van der Waals surface area contributed by atoms with Crippen LogP contribution in [-0.4, -0.2) is 28.3 Å². The first kappa shape index (κ1) is 18.0. The van der Waals surface area contributed by atoms with E-state index in [1.807, 2.05) is 36.4 Å². The summed E-state index contributed by atoms with van der Waals surface area (Å²) >= 11 is 0. The summed E-state index contributed by atoms with van der Waals surface area (Å²) in [5, 5.41) is 7.15. The normalized spacial score (nSPS) is 12.5. The number of nitrogens with one attached hydrogen (secondary N) is 1. The molecule has 28 heavy (non-hydrogen) atoms. The number of aryl methyl sites for hydroxylation is 2. The Morgan fingerprint density at radius 3 is 2.64 bits per heavy atom. The second-order valence-corrected chi connectivity index (χ2v) is 6.70. The van der Waals surface area contributed by atoms with Crippen LogP contribution in [0, 0.1) is 0 Å². The lowest BCUT2D eigenvalue weighted by molar-refractivity contribution is 0.0519. The number of rotatable bonds is 5. The number of carbonyl (C=O) groups excluding carboxylic acids is 2. The van der Waals surface area contributed by atoms with Crippen molar-refractivity contribution >= 4 is 17.6 Å². The van der Waals surface area contributed by atoms with Crippen LogP contribution in [0.4, 0.5) is 5.69 Å². The molecule has 0 fully saturated rings. The molecule has 0 atom stereocenters. The van der Waals surface area contributed by atoms with Crippen LogP contribution in [0.5, 0.6) is 0 Å². The Bertz CT molecular complexity index is 1020. The first-order valence-corrected chi connectivity index (χ1v) is 9.40. The standard InChI is InChI=1S/C22H21N3O3/c1-2-28-22(27)20-12-13-25(24-20)19-10-8-18(9-11-19)23-21(26)17-7-6-15-4-3-5-16(15)14-17/h6-14H,2-5H2,1H3,(H,23,26). The van der Waals surface area contributed by atoms with Crippen LogP contribution in [0.2, 0.25) is 0 Å². The number of benzene rings is 2. The monoisotopic (exact) mass is 375 g/mol. The Morgan fingerprint density at radius 1 is 1.07 bits per heavy atom. The van der Waals surface area contributed by atoms with Gasteiger partial charge in [-0.25, -0.2) is 9.48 Å². The van der Waals surface area contributed by atoms with Gasteiger partial charge in [0, 0.05) is 17.4 Å². The molecule has 4 rings (SSSR count). The van der Waals surface area contributed by atoms with Gasteiger partial charge in [0.15, 0.2) is 5.69 Å². The zero-order chi connectivity index (χ0) is 19.5. The van der Waals surface area contributed by atoms with Gasteiger partial charge in [-0.1, -0.05) is 6.07 Å². The molecule has 2 aromatic carbocycles. The van der Waals surface area contributed by atoms with E-state index in [-0.39, 0.29) is 11.6 Å². The predicted octanol–water partition coefficient (Wildman–Crippen LogP) is 3.79. The summed E-state index contributed by atoms with van der Waals surface area (Å²) in [6.07, 6.45) is 5.00. The molecule has 0 aliphatic heterocycles. The van der Waals surface area contributed by atoms with Crippen molar-refractivity contribution < 1.29 is 14.3 Å². The smallest absolute Gasteiger partial charge is 0.358 e. The minimum atomic E-state index is -0.445. The number of anilines is 1. The number of hydrogen-bond donors (Lipinski definition) is 1. The number of amides is 1. The summed E-state index contributed by atoms with van der Waals surface area (Å²) in [6, 6.07) is 14.8. The summed E-state index contributed by atoms with van der Waals surface area (Å²) in [5.41, 5.74) is 5.05. The quantitative estimate of drug-likeness (QED) is 0.689. The van der Waals surface area contributed by atoms with Crippen LogP contribution >= 0.6 is 0 Å². The molecule has 0 bridgehead atoms. The molecule has 1 aromatic heterocycles. The van der Waals surface area contributed by atoms with Gasteiger partial charge in [-0.3, -0.25) is 4.79 Å². The molecule has 6 nitrogen and oxygen atoms in total. The largest absolute Gasteiger partial charge is 0.461 e. The Balaban J connectivity index is 1.45. The zero-order valence-electron chi connectivity index (χ0n) is 15.6. The van der Waals surface area contributed by atoms with Crippen LogP contribution in [0.1, 0.15) is 45.3 Å². The van der Waals surface area contributed by atoms with Crippen LogP contribution in [0.15, 0.2) is 54.7 Å². The van der Waals surface area contributed by atoms with Gasteiger partial charge in [-0.2, -0.15) is 5.10 Å². The molecule has 3 aromatic rings. The number of nitrogens with zero attached hydrogens (tertiary/aromatic N) is 2. The van der Waals surface area contributed by atoms with Gasteiger partial charge < -0.3 is 10.1 Å². The van der Waals surface area contributed by atoms with Crippen LogP contribution in [0.3, 0.4) is 0 Å². The van der Waals surface area contributed by atoms with Crippen molar-refractivity contribution in [3.05, 3.63) is 77.1 Å². The van der Waals surface area contributed by atoms with Gasteiger partial charge in [0.05, 0.1) is 12.3 Å². The highest BCUT2D eigenvalue weighted by molar-refractivity contribution is 6.04. The van der Waals surface area contributed by atoms with Crippen LogP contribution < -0.4 is 5.32 Å². The van der Waals surface area contributed by atoms with E-state index in [1.54, 1.807) is 23.9 Å². The number of carbonyl (C=O) groups is 2. The Kier molecular flexibility index (Phi) is 4.93. The average Bonchev–Trinajstić information content (AvgIpc) is 3.38. The fourth-order valence-electron chi connectivity index (χ4n) is 3.40. The molecule has 142 valence electrons. The molecule has 1 aliphatic rings. The van der Waals surface area contributed by atoms with Crippen molar-refractivity contribution in [3.63, 3.8) is 0 Å². The third kappa shape index (κ3) is 3.67. The van der Waals surface area contributed by atoms with Gasteiger partial charge >= 0.3 is 5.97 Å². The Morgan fingerprint density at radius 2 is 1.86 bits per heavy atom. The summed E-state index contributed by atoms with van der Waals surface area (Å²) < 4.78 is 6.54. The average molecular weight is 375 g/mol. The maximum Gasteiger partial charge on any atom is 0.358 e. The molecular formula is C22H21N3O3. The van der Waals surface area contributed by atoms with Gasteiger partial charge in [0.25, 0.3) is 5.91 Å². The lowest BCUT2D eigenvalue weighted by atomic mass is 10.1. The second kappa shape index (κ2) is 7.68. The first-order chi connectivity index (χ1) is 13.6. The number of fused-ring (bicyclic) bond motifs is 1. The zero-order valence-corrected chi connectivity index (χ0v) is 15.6. The number of ether oxygens (including phenoxy) is 1. The predicted molar refractivity (Wildman–Crippen MR) is 106 cm³/mol. The van der Waals surface area contributed by atoms with E-state index in [1.165, 1.54) is 11.1 Å². The number of esters is 1. The minimum Gasteiger partial charge on any atom is -0.461 e. The highest BCUT2D eigenvalue weighted by Gasteiger charge is 2.14. The highest BCUT2D eigenvalue weighted by atomic mass is 16.5. The van der Waals surface area contributed by atoms with E-state index in [9.17, 15) is 9.59 Å². The molecular weight excluding hydrogens is 354 g/mol. The molecule has 0 saturated carbocycles. The van der Waals surface area contributed by atoms with Crippen LogP contribution in [0.25, 0.3) is 5.69 Å². The lowest BCUT2D eigenvalue weighted by Gasteiger charge is -2.08. The lowest BCUT2D eigenvalue weighted by Crippen LogP contribution is -2.12. The SMILES string of the molecule is CCOC(=O)c1ccn(-c2ccc(NC(=O)c3ccc4c(c3)CCC4)cc2)n1. The van der Waals surface area contributed by atoms with Gasteiger partial charge in [0.2, 0.25) is 0 Å². The van der Waals surface area contributed by atoms with Crippen molar-refractivity contribution in [1.82, 2.24) is 9.78 Å². The Labute approximate surface area is 163 Å². The maximum absolute atomic E-state index is 12.5. The third-order valence-electron chi connectivity index (χ3n) is 4.82. The first-order valence-electron chi connectivity index (χ1n) is 9.40. The molecule has 1 aliphatic carbocycles. The second-order valence-electron chi connectivity index (χ2n) is 6.70. The Hall–Kier alpha value is -3.41. The fraction of sp³-hybridized carbons (Fsp3) is 0.227. The molecule has 1 amide bonds. The maximum atomic E-state index is 12.5. The third-order valence-corrected chi connectivity index (χ3v) is 4.82. The summed E-state index contributed by atoms with van der Waals surface area (Å²) in [5.74, 6) is -0.564. The molecule has 0 spiro atoms. The van der Waals surface area contributed by atoms with Gasteiger partial charge in [-0.05, 0) is 79.8 Å². The van der Waals surface area contributed by atoms with Crippen molar-refractivity contribution in [2.75, 3.05) is 11.9 Å². The topological polar surface area (TPSA) is 73.2 Å². The van der Waals surface area contributed by atoms with E-state index in [2.05, 4.69) is 16.5 Å². The van der Waals surface area contributed by atoms with E-state index < -0.39 is 5.97 Å². The number of hydrogen-bond acceptors (Lipinski definition) is 4. The minimum absolute atomic E-state index is 0.119. The van der Waals surface area contributed by atoms with Crippen molar-refractivity contribution in [2.24, 2.45) is 0 Å². The van der Waals surface area contributed by atoms with Crippen molar-refractivity contribution in [1.29, 1.82) is 0 Å². The summed E-state index contributed by atoms with van der Waals surface area (Å²) in [4.78, 5) is 24.3. The van der Waals surface area contributed by atoms with E-state index in [4.69, 9.17) is 4.74 Å². The molecule has 1 N–H and O–H groups in total. The fourth-order valence-corrected chi connectivity index (χ4v) is 3.40. The van der Waals surface area contributed by atoms with Crippen LogP contribution in [-0.2, 0) is 17.6 Å². The van der Waals surface area contributed by atoms with E-state index >= 15 is 0 Å². The van der Waals surface area contributed by atoms with Gasteiger partial charge in [-0.15, -0.1) is 0 Å². The van der Waals surface area contributed by atoms with E-state index in [0.29, 0.717) is 17.9 Å². The molecule has 6 heteroatoms. The van der Waals surface area contributed by atoms with E-state index in [0.717, 1.165) is 24.9 Å². The molecule has 0 radical (unpaired) electrons. The number of aromatic nitrogens is 2. The molecule has 0 unspecified atom stereocenters. The van der Waals surface area contributed by atoms with Gasteiger partial charge in [0.1, 0.15) is 0 Å². The molecule has 0 saturated heterocycles. The highest BCUT2D eigenvalue weighted by Crippen LogP contribution is 2.23. The summed E-state index contributed by atoms with van der Waals surface area (Å²) in [7, 11) is 0.